The summed E-state index contributed by atoms with van der Waals surface area (Å²) in [6.07, 6.45) is 2.63. The molecule has 9 heteroatoms. The molecule has 0 radical (unpaired) electrons. The van der Waals surface area contributed by atoms with Crippen molar-refractivity contribution in [3.8, 4) is 10.6 Å². The average molecular weight is 461 g/mol. The predicted octanol–water partition coefficient (Wildman–Crippen LogP) is 4.48. The summed E-state index contributed by atoms with van der Waals surface area (Å²) in [5, 5.41) is 2.43. The van der Waals surface area contributed by atoms with Crippen LogP contribution in [0.25, 0.3) is 10.6 Å². The molecule has 1 aromatic heterocycles. The van der Waals surface area contributed by atoms with Gasteiger partial charge in [-0.3, -0.25) is 0 Å². The fourth-order valence-corrected chi connectivity index (χ4v) is 5.93. The van der Waals surface area contributed by atoms with E-state index in [0.29, 0.717) is 23.8 Å². The van der Waals surface area contributed by atoms with Gasteiger partial charge in [0.05, 0.1) is 16.2 Å². The van der Waals surface area contributed by atoms with Crippen LogP contribution in [0.15, 0.2) is 58.8 Å². The molecule has 0 spiro atoms. The van der Waals surface area contributed by atoms with Crippen molar-refractivity contribution < 1.29 is 22.3 Å². The molecule has 1 aliphatic heterocycles. The van der Waals surface area contributed by atoms with E-state index in [0.717, 1.165) is 24.8 Å². The van der Waals surface area contributed by atoms with Crippen molar-refractivity contribution in [1.29, 1.82) is 0 Å². The zero-order valence-corrected chi connectivity index (χ0v) is 18.3. The molecule has 4 rings (SSSR count). The number of sulfonamides is 1. The summed E-state index contributed by atoms with van der Waals surface area (Å²) in [5.74, 6) is -1.04. The van der Waals surface area contributed by atoms with Crippen LogP contribution in [0, 0.1) is 5.82 Å². The molecule has 31 heavy (non-hydrogen) atoms. The molecule has 0 unspecified atom stereocenters. The summed E-state index contributed by atoms with van der Waals surface area (Å²) in [5.41, 5.74) is 1.32. The van der Waals surface area contributed by atoms with Gasteiger partial charge in [0.1, 0.15) is 17.4 Å². The number of ether oxygens (including phenoxy) is 1. The Hall–Kier alpha value is -2.62. The number of benzene rings is 2. The average Bonchev–Trinajstić information content (AvgIpc) is 3.27. The van der Waals surface area contributed by atoms with E-state index in [-0.39, 0.29) is 22.9 Å². The second-order valence-electron chi connectivity index (χ2n) is 7.19. The third-order valence-corrected chi connectivity index (χ3v) is 7.93. The van der Waals surface area contributed by atoms with Gasteiger partial charge in [0.15, 0.2) is 0 Å². The second-order valence-corrected chi connectivity index (χ2v) is 9.95. The molecular weight excluding hydrogens is 439 g/mol. The molecule has 1 aliphatic rings. The number of hydrogen-bond acceptors (Lipinski definition) is 6. The van der Waals surface area contributed by atoms with Gasteiger partial charge in [-0.15, -0.1) is 11.3 Å². The number of aromatic nitrogens is 1. The van der Waals surface area contributed by atoms with Crippen molar-refractivity contribution in [2.75, 3.05) is 13.1 Å². The van der Waals surface area contributed by atoms with Crippen LogP contribution in [0.5, 0.6) is 0 Å². The van der Waals surface area contributed by atoms with E-state index < -0.39 is 16.0 Å². The number of hydrogen-bond donors (Lipinski definition) is 0. The Morgan fingerprint density at radius 2 is 1.77 bits per heavy atom. The molecule has 0 aliphatic carbocycles. The quantitative estimate of drug-likeness (QED) is 0.507. The van der Waals surface area contributed by atoms with E-state index in [1.54, 1.807) is 29.6 Å². The van der Waals surface area contributed by atoms with Crippen molar-refractivity contribution in [3.05, 3.63) is 71.0 Å². The van der Waals surface area contributed by atoms with Gasteiger partial charge in [-0.25, -0.2) is 22.6 Å². The van der Waals surface area contributed by atoms with Crippen molar-refractivity contribution >= 4 is 27.3 Å². The Kier molecular flexibility index (Phi) is 6.45. The first-order chi connectivity index (χ1) is 14.9. The van der Waals surface area contributed by atoms with Crippen LogP contribution in [-0.2, 0) is 21.4 Å². The summed E-state index contributed by atoms with van der Waals surface area (Å²) in [6, 6.07) is 12.1. The molecule has 0 amide bonds. The summed E-state index contributed by atoms with van der Waals surface area (Å²) in [6.45, 7) is 0.821. The minimum atomic E-state index is -3.77. The maximum atomic E-state index is 13.1. The lowest BCUT2D eigenvalue weighted by molar-refractivity contribution is 0.0463. The Morgan fingerprint density at radius 1 is 1.06 bits per heavy atom. The largest absolute Gasteiger partial charge is 0.456 e. The first kappa shape index (κ1) is 21.6. The van der Waals surface area contributed by atoms with E-state index in [2.05, 4.69) is 4.98 Å². The highest BCUT2D eigenvalue weighted by atomic mass is 32.2. The minimum Gasteiger partial charge on any atom is -0.456 e. The highest BCUT2D eigenvalue weighted by molar-refractivity contribution is 7.89. The van der Waals surface area contributed by atoms with Gasteiger partial charge < -0.3 is 4.74 Å². The lowest BCUT2D eigenvalue weighted by Crippen LogP contribution is -2.36. The van der Waals surface area contributed by atoms with Crippen LogP contribution in [-0.4, -0.2) is 36.8 Å². The highest BCUT2D eigenvalue weighted by Gasteiger charge is 2.30. The molecule has 1 saturated heterocycles. The zero-order chi connectivity index (χ0) is 21.8. The van der Waals surface area contributed by atoms with Crippen molar-refractivity contribution in [2.45, 2.75) is 30.8 Å². The van der Waals surface area contributed by atoms with Gasteiger partial charge >= 0.3 is 5.97 Å². The number of thiazole rings is 1. The van der Waals surface area contributed by atoms with Gasteiger partial charge in [0.2, 0.25) is 10.0 Å². The lowest BCUT2D eigenvalue weighted by atomic mass is 10.2. The standard InChI is InChI=1S/C22H21FN2O4S2/c23-17-10-8-16(9-11-17)21-24-18(15-30-21)14-29-22(26)19-6-2-3-7-20(19)31(27,28)25-12-4-1-5-13-25/h2-3,6-11,15H,1,4-5,12-14H2. The molecule has 162 valence electrons. The van der Waals surface area contributed by atoms with Crippen LogP contribution in [0.3, 0.4) is 0 Å². The molecule has 1 fully saturated rings. The summed E-state index contributed by atoms with van der Waals surface area (Å²) in [7, 11) is -3.77. The third kappa shape index (κ3) is 4.84. The fourth-order valence-electron chi connectivity index (χ4n) is 3.42. The Labute approximate surface area is 184 Å². The van der Waals surface area contributed by atoms with E-state index in [1.165, 1.54) is 39.9 Å². The lowest BCUT2D eigenvalue weighted by Gasteiger charge is -2.26. The van der Waals surface area contributed by atoms with Gasteiger partial charge in [-0.05, 0) is 49.2 Å². The molecule has 0 N–H and O–H groups in total. The number of carbonyl (C=O) groups is 1. The number of rotatable bonds is 6. The van der Waals surface area contributed by atoms with E-state index in [9.17, 15) is 17.6 Å². The molecule has 6 nitrogen and oxygen atoms in total. The predicted molar refractivity (Wildman–Crippen MR) is 116 cm³/mol. The maximum Gasteiger partial charge on any atom is 0.339 e. The van der Waals surface area contributed by atoms with E-state index in [4.69, 9.17) is 4.74 Å². The summed E-state index contributed by atoms with van der Waals surface area (Å²) < 4.78 is 46.0. The van der Waals surface area contributed by atoms with Crippen LogP contribution in [0.1, 0.15) is 35.3 Å². The molecular formula is C22H21FN2O4S2. The Bertz CT molecular complexity index is 1170. The smallest absolute Gasteiger partial charge is 0.339 e. The number of halogens is 1. The van der Waals surface area contributed by atoms with Crippen LogP contribution in [0.2, 0.25) is 0 Å². The topological polar surface area (TPSA) is 76.6 Å². The molecule has 0 saturated carbocycles. The minimum absolute atomic E-state index is 0.0158. The van der Waals surface area contributed by atoms with E-state index >= 15 is 0 Å². The molecule has 2 heterocycles. The van der Waals surface area contributed by atoms with Gasteiger partial charge in [0.25, 0.3) is 0 Å². The molecule has 0 bridgehead atoms. The van der Waals surface area contributed by atoms with Crippen LogP contribution < -0.4 is 0 Å². The van der Waals surface area contributed by atoms with Crippen molar-refractivity contribution in [1.82, 2.24) is 9.29 Å². The molecule has 2 aromatic carbocycles. The third-order valence-electron chi connectivity index (χ3n) is 5.03. The van der Waals surface area contributed by atoms with Crippen LogP contribution >= 0.6 is 11.3 Å². The number of piperidine rings is 1. The Balaban J connectivity index is 1.48. The van der Waals surface area contributed by atoms with Crippen molar-refractivity contribution in [2.24, 2.45) is 0 Å². The number of esters is 1. The van der Waals surface area contributed by atoms with E-state index in [1.807, 2.05) is 0 Å². The van der Waals surface area contributed by atoms with Gasteiger partial charge in [0, 0.05) is 24.0 Å². The first-order valence-electron chi connectivity index (χ1n) is 9.92. The Morgan fingerprint density at radius 3 is 2.52 bits per heavy atom. The van der Waals surface area contributed by atoms with Crippen molar-refractivity contribution in [3.63, 3.8) is 0 Å². The zero-order valence-electron chi connectivity index (χ0n) is 16.7. The summed E-state index contributed by atoms with van der Waals surface area (Å²) in [4.78, 5) is 17.1. The second kappa shape index (κ2) is 9.25. The monoisotopic (exact) mass is 460 g/mol. The first-order valence-corrected chi connectivity index (χ1v) is 12.2. The number of nitrogens with zero attached hydrogens (tertiary/aromatic N) is 2. The normalized spacial score (nSPS) is 15.0. The summed E-state index contributed by atoms with van der Waals surface area (Å²) >= 11 is 1.35. The van der Waals surface area contributed by atoms with Gasteiger partial charge in [-0.2, -0.15) is 4.31 Å². The van der Waals surface area contributed by atoms with Crippen LogP contribution in [0.4, 0.5) is 4.39 Å². The molecule has 3 aromatic rings. The molecule has 0 atom stereocenters. The fraction of sp³-hybridized carbons (Fsp3) is 0.273. The maximum absolute atomic E-state index is 13.1. The van der Waals surface area contributed by atoms with Gasteiger partial charge in [-0.1, -0.05) is 18.6 Å². The highest BCUT2D eigenvalue weighted by Crippen LogP contribution is 2.26. The SMILES string of the molecule is O=C(OCc1csc(-c2ccc(F)cc2)n1)c1ccccc1S(=O)(=O)N1CCCCC1. The number of carbonyl (C=O) groups excluding carboxylic acids is 1.